The third-order valence-corrected chi connectivity index (χ3v) is 3.23. The zero-order valence-corrected chi connectivity index (χ0v) is 10.6. The summed E-state index contributed by atoms with van der Waals surface area (Å²) >= 11 is 1.15. The van der Waals surface area contributed by atoms with Crippen molar-refractivity contribution in [3.63, 3.8) is 0 Å². The molecule has 1 aromatic carbocycles. The Balaban J connectivity index is 2.64. The van der Waals surface area contributed by atoms with E-state index in [0.717, 1.165) is 23.5 Å². The molecular weight excluding hydrogens is 282 g/mol. The first-order valence-corrected chi connectivity index (χ1v) is 6.09. The van der Waals surface area contributed by atoms with E-state index in [0.29, 0.717) is 0 Å². The molecule has 0 fully saturated rings. The lowest BCUT2D eigenvalue weighted by molar-refractivity contribution is 0.404. The number of phenolic OH excluding ortho intramolecular Hbond substituents is 2. The van der Waals surface area contributed by atoms with Gasteiger partial charge in [-0.2, -0.15) is 5.26 Å². The number of hydrogen-bond acceptors (Lipinski definition) is 8. The average molecular weight is 289 g/mol. The van der Waals surface area contributed by atoms with Gasteiger partial charge in [-0.25, -0.2) is 4.98 Å². The molecule has 2 rings (SSSR count). The molecular formula is C12H7N3O4S. The van der Waals surface area contributed by atoms with Gasteiger partial charge in [0, 0.05) is 17.1 Å². The highest BCUT2D eigenvalue weighted by Gasteiger charge is 2.17. The largest absolute Gasteiger partial charge is 0.506 e. The molecule has 2 aromatic rings. The van der Waals surface area contributed by atoms with E-state index >= 15 is 0 Å². The lowest BCUT2D eigenvalue weighted by Gasteiger charge is -2.06. The van der Waals surface area contributed by atoms with Gasteiger partial charge in [0.2, 0.25) is 0 Å². The molecule has 0 atom stereocenters. The maximum Gasteiger partial charge on any atom is 0.187 e. The summed E-state index contributed by atoms with van der Waals surface area (Å²) in [5.41, 5.74) is -0.577. The minimum Gasteiger partial charge on any atom is -0.506 e. The molecule has 8 heteroatoms. The molecule has 20 heavy (non-hydrogen) atoms. The topological polar surface area (TPSA) is 127 Å². The van der Waals surface area contributed by atoms with Crippen molar-refractivity contribution < 1.29 is 15.3 Å². The van der Waals surface area contributed by atoms with E-state index in [-0.39, 0.29) is 16.1 Å². The van der Waals surface area contributed by atoms with Crippen molar-refractivity contribution in [1.82, 2.24) is 4.98 Å². The molecule has 0 aliphatic heterocycles. The van der Waals surface area contributed by atoms with E-state index in [1.807, 2.05) is 0 Å². The number of allylic oxidation sites excluding steroid dienone is 1. The van der Waals surface area contributed by atoms with Gasteiger partial charge in [-0.1, -0.05) is 0 Å². The lowest BCUT2D eigenvalue weighted by atomic mass is 10.1. The Bertz CT molecular complexity index is 732. The molecule has 7 nitrogen and oxygen atoms in total. The molecule has 0 saturated carbocycles. The van der Waals surface area contributed by atoms with Gasteiger partial charge in [0.25, 0.3) is 0 Å². The van der Waals surface area contributed by atoms with Crippen molar-refractivity contribution >= 4 is 28.4 Å². The Morgan fingerprint density at radius 1 is 1.40 bits per heavy atom. The van der Waals surface area contributed by atoms with Gasteiger partial charge in [0.15, 0.2) is 17.2 Å². The van der Waals surface area contributed by atoms with Crippen LogP contribution < -0.4 is 0 Å². The average Bonchev–Trinajstić information content (AvgIpc) is 2.96. The van der Waals surface area contributed by atoms with Crippen molar-refractivity contribution in [2.45, 2.75) is 0 Å². The number of aromatic hydroxyl groups is 2. The summed E-state index contributed by atoms with van der Waals surface area (Å²) < 4.78 is 0. The second-order valence-electron chi connectivity index (χ2n) is 3.63. The summed E-state index contributed by atoms with van der Waals surface area (Å²) in [6.07, 6.45) is 1.47. The van der Waals surface area contributed by atoms with Crippen molar-refractivity contribution in [2.24, 2.45) is 5.18 Å². The number of nitriles is 1. The van der Waals surface area contributed by atoms with Gasteiger partial charge < -0.3 is 15.3 Å². The van der Waals surface area contributed by atoms with Gasteiger partial charge in [0.1, 0.15) is 22.4 Å². The van der Waals surface area contributed by atoms with Crippen LogP contribution in [0.3, 0.4) is 0 Å². The summed E-state index contributed by atoms with van der Waals surface area (Å²) in [4.78, 5) is 14.4. The van der Waals surface area contributed by atoms with E-state index < -0.39 is 22.9 Å². The third-order valence-electron chi connectivity index (χ3n) is 2.44. The van der Waals surface area contributed by atoms with Crippen LogP contribution in [0.4, 0.5) is 5.69 Å². The zero-order valence-electron chi connectivity index (χ0n) is 9.81. The minimum absolute atomic E-state index is 0.0262. The first-order valence-electron chi connectivity index (χ1n) is 5.21. The number of nitrogens with zero attached hydrogens (tertiary/aromatic N) is 3. The van der Waals surface area contributed by atoms with Crippen LogP contribution in [0, 0.1) is 16.2 Å². The number of benzene rings is 1. The van der Waals surface area contributed by atoms with Crippen molar-refractivity contribution in [1.29, 1.82) is 5.26 Å². The maximum absolute atomic E-state index is 10.5. The number of aliphatic hydroxyl groups excluding tert-OH is 1. The first-order chi connectivity index (χ1) is 9.58. The van der Waals surface area contributed by atoms with Gasteiger partial charge in [-0.15, -0.1) is 16.2 Å². The van der Waals surface area contributed by atoms with Crippen LogP contribution in [-0.4, -0.2) is 20.3 Å². The Morgan fingerprint density at radius 3 is 2.70 bits per heavy atom. The van der Waals surface area contributed by atoms with E-state index in [1.54, 1.807) is 11.4 Å². The number of aromatic nitrogens is 1. The molecule has 0 bridgehead atoms. The number of phenols is 2. The van der Waals surface area contributed by atoms with E-state index in [1.165, 1.54) is 6.20 Å². The summed E-state index contributed by atoms with van der Waals surface area (Å²) in [5.74, 6) is -1.79. The summed E-state index contributed by atoms with van der Waals surface area (Å²) in [5, 5.41) is 42.4. The third kappa shape index (κ3) is 2.30. The molecule has 1 heterocycles. The van der Waals surface area contributed by atoms with E-state index in [4.69, 9.17) is 5.26 Å². The van der Waals surface area contributed by atoms with Crippen molar-refractivity contribution in [3.8, 4) is 17.6 Å². The zero-order chi connectivity index (χ0) is 14.7. The van der Waals surface area contributed by atoms with Crippen LogP contribution in [0.1, 0.15) is 10.6 Å². The fourth-order valence-corrected chi connectivity index (χ4v) is 2.14. The van der Waals surface area contributed by atoms with E-state index in [9.17, 15) is 20.2 Å². The van der Waals surface area contributed by atoms with Crippen LogP contribution in [-0.2, 0) is 0 Å². The monoisotopic (exact) mass is 289 g/mol. The number of hydrogen-bond donors (Lipinski definition) is 3. The normalized spacial score (nSPS) is 11.6. The van der Waals surface area contributed by atoms with Gasteiger partial charge in [-0.05, 0) is 17.3 Å². The molecule has 3 N–H and O–H groups in total. The molecule has 0 saturated heterocycles. The highest BCUT2D eigenvalue weighted by Crippen LogP contribution is 2.39. The highest BCUT2D eigenvalue weighted by atomic mass is 32.1. The van der Waals surface area contributed by atoms with Crippen molar-refractivity contribution in [2.75, 3.05) is 0 Å². The molecule has 100 valence electrons. The quantitative estimate of drug-likeness (QED) is 0.345. The minimum atomic E-state index is -0.690. The fraction of sp³-hybridized carbons (Fsp3) is 0. The van der Waals surface area contributed by atoms with Gasteiger partial charge >= 0.3 is 0 Å². The Kier molecular flexibility index (Phi) is 3.63. The molecule has 0 spiro atoms. The number of rotatable bonds is 3. The molecule has 0 aliphatic rings. The predicted octanol–water partition coefficient (Wildman–Crippen LogP) is 2.90. The van der Waals surface area contributed by atoms with Crippen LogP contribution in [0.5, 0.6) is 11.5 Å². The fourth-order valence-electron chi connectivity index (χ4n) is 1.50. The van der Waals surface area contributed by atoms with Crippen LogP contribution >= 0.6 is 11.3 Å². The Labute approximate surface area is 116 Å². The predicted molar refractivity (Wildman–Crippen MR) is 72.4 cm³/mol. The van der Waals surface area contributed by atoms with Crippen LogP contribution in [0.25, 0.3) is 11.3 Å². The summed E-state index contributed by atoms with van der Waals surface area (Å²) in [6.45, 7) is 0. The van der Waals surface area contributed by atoms with Gasteiger partial charge in [0.05, 0.1) is 0 Å². The SMILES string of the molecule is N#C/C(=C(/O)c1cc(O)c(O)c(N=O)c1)c1nccs1. The second kappa shape index (κ2) is 5.38. The Morgan fingerprint density at radius 2 is 2.15 bits per heavy atom. The molecule has 1 aromatic heterocycles. The summed E-state index contributed by atoms with van der Waals surface area (Å²) in [6, 6.07) is 3.87. The summed E-state index contributed by atoms with van der Waals surface area (Å²) in [7, 11) is 0. The standard InChI is InChI=1S/C12H7N3O4S/c13-5-7(12-14-1-2-20-12)10(17)6-3-8(15-19)11(18)9(16)4-6/h1-4,16-18H/b10-7-. The number of nitroso groups, excluding NO2 is 1. The second-order valence-corrected chi connectivity index (χ2v) is 4.52. The molecule has 0 radical (unpaired) electrons. The first kappa shape index (κ1) is 13.5. The molecule has 0 amide bonds. The van der Waals surface area contributed by atoms with Crippen LogP contribution in [0.15, 0.2) is 28.9 Å². The van der Waals surface area contributed by atoms with Crippen molar-refractivity contribution in [3.05, 3.63) is 39.2 Å². The maximum atomic E-state index is 10.5. The van der Waals surface area contributed by atoms with Crippen LogP contribution in [0.2, 0.25) is 0 Å². The van der Waals surface area contributed by atoms with E-state index in [2.05, 4.69) is 10.2 Å². The lowest BCUT2D eigenvalue weighted by Crippen LogP contribution is -1.90. The highest BCUT2D eigenvalue weighted by molar-refractivity contribution is 7.10. The Hall–Kier alpha value is -2.92. The molecule has 0 aliphatic carbocycles. The number of thiazole rings is 1. The smallest absolute Gasteiger partial charge is 0.187 e. The van der Waals surface area contributed by atoms with Gasteiger partial charge in [-0.3, -0.25) is 0 Å². The molecule has 0 unspecified atom stereocenters. The number of aliphatic hydroxyl groups is 1.